The fourth-order valence-electron chi connectivity index (χ4n) is 11.0. The monoisotopic (exact) mass is 672 g/mol. The third-order valence-electron chi connectivity index (χ3n) is 14.0. The zero-order chi connectivity index (χ0) is 34.9. The molecule has 0 radical (unpaired) electrons. The second-order valence-corrected chi connectivity index (χ2v) is 16.4. The van der Waals surface area contributed by atoms with Crippen molar-refractivity contribution in [1.82, 2.24) is 0 Å². The molecule has 4 bridgehead atoms. The molecule has 0 spiro atoms. The van der Waals surface area contributed by atoms with Crippen LogP contribution in [-0.4, -0.2) is 0 Å². The molecule has 0 heterocycles. The molecule has 2 aliphatic rings. The van der Waals surface area contributed by atoms with E-state index in [1.807, 2.05) is 6.07 Å². The molecule has 9 aromatic carbocycles. The predicted octanol–water partition coefficient (Wildman–Crippen LogP) is 14.5. The van der Waals surface area contributed by atoms with Gasteiger partial charge in [0.1, 0.15) is 5.82 Å². The molecule has 0 saturated heterocycles. The standard InChI is InChI=1S/C51H41F/c1-29-20-22-51(23-21-46(51)31(29)3)47-28-43-41-27-42(47)40-26-45-44(24-30(40)2)49(37-10-6-7-11-38(37)50(45)39(41)18-19-48(43)52)34-15-12-33(13-16-34)36-17-14-32-8-4-5-9-35(32)25-36/h4-19,24-29,31,46H,20-23H2,1-3H3. The molecule has 2 fully saturated rings. The van der Waals surface area contributed by atoms with Crippen molar-refractivity contribution in [3.8, 4) is 22.3 Å². The lowest BCUT2D eigenvalue weighted by Gasteiger charge is -2.58. The highest BCUT2D eigenvalue weighted by atomic mass is 19.1. The predicted molar refractivity (Wildman–Crippen MR) is 220 cm³/mol. The Morgan fingerprint density at radius 2 is 1.21 bits per heavy atom. The molecule has 4 unspecified atom stereocenters. The van der Waals surface area contributed by atoms with Crippen molar-refractivity contribution in [2.75, 3.05) is 0 Å². The van der Waals surface area contributed by atoms with Crippen molar-refractivity contribution < 1.29 is 4.39 Å². The molecule has 0 N–H and O–H groups in total. The van der Waals surface area contributed by atoms with E-state index < -0.39 is 0 Å². The first-order chi connectivity index (χ1) is 25.4. The van der Waals surface area contributed by atoms with Crippen molar-refractivity contribution in [3.05, 3.63) is 144 Å². The summed E-state index contributed by atoms with van der Waals surface area (Å²) in [4.78, 5) is 0. The average Bonchev–Trinajstić information content (AvgIpc) is 3.15. The molecule has 252 valence electrons. The van der Waals surface area contributed by atoms with Crippen LogP contribution in [-0.2, 0) is 5.41 Å². The number of hydrogen-bond acceptors (Lipinski definition) is 0. The van der Waals surface area contributed by atoms with Crippen LogP contribution in [0.25, 0.3) is 86.9 Å². The lowest BCUT2D eigenvalue weighted by molar-refractivity contribution is -0.00771. The van der Waals surface area contributed by atoms with Crippen molar-refractivity contribution in [1.29, 1.82) is 0 Å². The minimum absolute atomic E-state index is 0.110. The zero-order valence-corrected chi connectivity index (χ0v) is 30.1. The fraction of sp³-hybridized carbons (Fsp3) is 0.216. The fourth-order valence-corrected chi connectivity index (χ4v) is 11.0. The van der Waals surface area contributed by atoms with Crippen molar-refractivity contribution in [2.45, 2.75) is 51.9 Å². The van der Waals surface area contributed by atoms with Crippen LogP contribution in [0.15, 0.2) is 127 Å². The Balaban J connectivity index is 1.20. The summed E-state index contributed by atoms with van der Waals surface area (Å²) in [5.41, 5.74) is 7.73. The van der Waals surface area contributed by atoms with Crippen LogP contribution in [0.3, 0.4) is 0 Å². The quantitative estimate of drug-likeness (QED) is 0.164. The molecule has 0 aliphatic heterocycles. The maximum atomic E-state index is 16.1. The van der Waals surface area contributed by atoms with Crippen LogP contribution in [0.4, 0.5) is 4.39 Å². The van der Waals surface area contributed by atoms with Gasteiger partial charge in [0.15, 0.2) is 0 Å². The molecule has 0 aromatic heterocycles. The highest BCUT2D eigenvalue weighted by Crippen LogP contribution is 2.62. The molecular formula is C51H41F. The topological polar surface area (TPSA) is 0 Å². The summed E-state index contributed by atoms with van der Waals surface area (Å²) in [5, 5.41) is 14.3. The molecule has 9 aromatic rings. The van der Waals surface area contributed by atoms with Gasteiger partial charge in [-0.1, -0.05) is 111 Å². The van der Waals surface area contributed by atoms with Gasteiger partial charge in [-0.15, -0.1) is 0 Å². The van der Waals surface area contributed by atoms with E-state index in [0.29, 0.717) is 11.8 Å². The van der Waals surface area contributed by atoms with E-state index in [-0.39, 0.29) is 11.2 Å². The van der Waals surface area contributed by atoms with Crippen LogP contribution in [0.2, 0.25) is 0 Å². The molecule has 2 aliphatic carbocycles. The van der Waals surface area contributed by atoms with E-state index in [9.17, 15) is 0 Å². The number of benzene rings is 8. The lowest BCUT2D eigenvalue weighted by Crippen LogP contribution is -2.52. The molecule has 0 amide bonds. The summed E-state index contributed by atoms with van der Waals surface area (Å²) in [7, 11) is 0. The summed E-state index contributed by atoms with van der Waals surface area (Å²) in [6.45, 7) is 7.20. The number of fused-ring (bicyclic) bond motifs is 8. The Morgan fingerprint density at radius 1 is 0.519 bits per heavy atom. The third-order valence-corrected chi connectivity index (χ3v) is 14.0. The van der Waals surface area contributed by atoms with Gasteiger partial charge >= 0.3 is 0 Å². The van der Waals surface area contributed by atoms with Crippen LogP contribution < -0.4 is 0 Å². The molecule has 52 heavy (non-hydrogen) atoms. The maximum Gasteiger partial charge on any atom is 0.131 e. The Labute approximate surface area is 304 Å². The lowest BCUT2D eigenvalue weighted by atomic mass is 9.46. The second kappa shape index (κ2) is 10.9. The Morgan fingerprint density at radius 3 is 2.02 bits per heavy atom. The van der Waals surface area contributed by atoms with Gasteiger partial charge < -0.3 is 0 Å². The summed E-state index contributed by atoms with van der Waals surface area (Å²) in [5.74, 6) is 1.97. The number of halogens is 1. The van der Waals surface area contributed by atoms with E-state index in [1.54, 1.807) is 6.07 Å². The van der Waals surface area contributed by atoms with Crippen molar-refractivity contribution in [3.63, 3.8) is 0 Å². The van der Waals surface area contributed by atoms with Gasteiger partial charge in [-0.05, 0) is 179 Å². The van der Waals surface area contributed by atoms with Crippen molar-refractivity contribution in [2.24, 2.45) is 17.8 Å². The van der Waals surface area contributed by atoms with Gasteiger partial charge in [0, 0.05) is 5.39 Å². The van der Waals surface area contributed by atoms with E-state index >= 15 is 4.39 Å². The minimum atomic E-state index is -0.110. The SMILES string of the molecule is Cc1cc2c(-c3ccc(-c4ccc5ccccc5c4)cc3)c3ccccc3c3c2cc1c1cc2c(cc1C14CCC(C)C(C)C1CC4)c(F)ccc23. The number of aryl methyl sites for hydroxylation is 1. The largest absolute Gasteiger partial charge is 0.206 e. The van der Waals surface area contributed by atoms with Gasteiger partial charge in [0.25, 0.3) is 0 Å². The van der Waals surface area contributed by atoms with Crippen molar-refractivity contribution >= 4 is 64.6 Å². The molecular weight excluding hydrogens is 632 g/mol. The van der Waals surface area contributed by atoms with Crippen LogP contribution in [0, 0.1) is 30.5 Å². The number of hydrogen-bond donors (Lipinski definition) is 0. The summed E-state index contributed by atoms with van der Waals surface area (Å²) < 4.78 is 16.1. The Bertz CT molecular complexity index is 2910. The van der Waals surface area contributed by atoms with Gasteiger partial charge in [0.05, 0.1) is 0 Å². The van der Waals surface area contributed by atoms with E-state index in [0.717, 1.165) is 22.1 Å². The summed E-state index contributed by atoms with van der Waals surface area (Å²) in [6, 6.07) is 46.7. The van der Waals surface area contributed by atoms with Gasteiger partial charge in [-0.2, -0.15) is 0 Å². The first-order valence-electron chi connectivity index (χ1n) is 19.3. The second-order valence-electron chi connectivity index (χ2n) is 16.4. The normalized spacial score (nSPS) is 21.8. The first-order valence-corrected chi connectivity index (χ1v) is 19.3. The minimum Gasteiger partial charge on any atom is -0.206 e. The molecule has 0 nitrogen and oxygen atoms in total. The summed E-state index contributed by atoms with van der Waals surface area (Å²) in [6.07, 6.45) is 4.93. The molecule has 11 rings (SSSR count). The average molecular weight is 673 g/mol. The van der Waals surface area contributed by atoms with Crippen LogP contribution in [0.1, 0.15) is 50.7 Å². The molecule has 4 atom stereocenters. The zero-order valence-electron chi connectivity index (χ0n) is 30.1. The van der Waals surface area contributed by atoms with E-state index in [1.165, 1.54) is 108 Å². The van der Waals surface area contributed by atoms with E-state index in [4.69, 9.17) is 0 Å². The number of rotatable bonds is 3. The Kier molecular flexibility index (Phi) is 6.35. The van der Waals surface area contributed by atoms with Gasteiger partial charge in [0.2, 0.25) is 0 Å². The van der Waals surface area contributed by atoms with Gasteiger partial charge in [-0.25, -0.2) is 4.39 Å². The molecule has 2 saturated carbocycles. The molecule has 1 heteroatoms. The first kappa shape index (κ1) is 30.4. The highest BCUT2D eigenvalue weighted by Gasteiger charge is 2.54. The third kappa shape index (κ3) is 4.08. The van der Waals surface area contributed by atoms with Crippen LogP contribution in [0.5, 0.6) is 0 Å². The van der Waals surface area contributed by atoms with Crippen LogP contribution >= 0.6 is 0 Å². The Hall–Kier alpha value is -5.27. The smallest absolute Gasteiger partial charge is 0.131 e. The maximum absolute atomic E-state index is 16.1. The van der Waals surface area contributed by atoms with E-state index in [2.05, 4.69) is 136 Å². The summed E-state index contributed by atoms with van der Waals surface area (Å²) >= 11 is 0. The highest BCUT2D eigenvalue weighted by molar-refractivity contribution is 6.32. The van der Waals surface area contributed by atoms with Gasteiger partial charge in [-0.3, -0.25) is 0 Å².